The van der Waals surface area contributed by atoms with Crippen LogP contribution < -0.4 is 0 Å². The Balaban J connectivity index is 1.91. The second-order valence-corrected chi connectivity index (χ2v) is 8.88. The van der Waals surface area contributed by atoms with Crippen LogP contribution >= 0.6 is 38.6 Å². The Labute approximate surface area is 176 Å². The maximum atomic E-state index is 12.1. The summed E-state index contributed by atoms with van der Waals surface area (Å²) in [4.78, 5) is 2.34. The molecule has 0 saturated carbocycles. The number of hydrogen-bond donors (Lipinski definition) is 1. The number of benzene rings is 2. The molecule has 0 aliphatic carbocycles. The Morgan fingerprint density at radius 1 is 0.778 bits per heavy atom. The van der Waals surface area contributed by atoms with Gasteiger partial charge in [-0.3, -0.25) is 0 Å². The van der Waals surface area contributed by atoms with Gasteiger partial charge in [0.05, 0.1) is 4.88 Å². The Morgan fingerprint density at radius 2 is 1.41 bits per heavy atom. The Hall–Kier alpha value is -1.72. The minimum Gasteiger partial charge on any atom is -0.383 e. The quantitative estimate of drug-likeness (QED) is 0.314. The minimum atomic E-state index is -1.07. The van der Waals surface area contributed by atoms with Gasteiger partial charge in [-0.2, -0.15) is 0 Å². The van der Waals surface area contributed by atoms with Crippen LogP contribution in [0.2, 0.25) is 0 Å². The smallest absolute Gasteiger partial charge is 0.112 e. The molecule has 1 unspecified atom stereocenters. The molecule has 27 heavy (non-hydrogen) atoms. The Morgan fingerprint density at radius 3 is 1.93 bits per heavy atom. The highest BCUT2D eigenvalue weighted by molar-refractivity contribution is 9.09. The first-order chi connectivity index (χ1) is 13.2. The number of hydrogen-bond acceptors (Lipinski definition) is 3. The highest BCUT2D eigenvalue weighted by Crippen LogP contribution is 2.48. The molecule has 136 valence electrons. The van der Waals surface area contributed by atoms with Gasteiger partial charge in [0.1, 0.15) is 5.60 Å². The molecule has 2 aromatic heterocycles. The van der Waals surface area contributed by atoms with E-state index in [2.05, 4.69) is 69.2 Å². The summed E-state index contributed by atoms with van der Waals surface area (Å²) in [6.45, 7) is 0. The van der Waals surface area contributed by atoms with Gasteiger partial charge in [-0.05, 0) is 34.0 Å². The summed E-state index contributed by atoms with van der Waals surface area (Å²) in [6, 6.07) is 26.8. The summed E-state index contributed by atoms with van der Waals surface area (Å²) in [5.41, 5.74) is 2.12. The fourth-order valence-electron chi connectivity index (χ4n) is 3.59. The molecule has 2 heterocycles. The van der Waals surface area contributed by atoms with E-state index in [4.69, 9.17) is 0 Å². The molecular formula is C23H19BrOS2. The van der Waals surface area contributed by atoms with E-state index in [0.717, 1.165) is 21.6 Å². The van der Waals surface area contributed by atoms with Gasteiger partial charge in [0.15, 0.2) is 0 Å². The molecule has 4 rings (SSSR count). The molecule has 0 spiro atoms. The van der Waals surface area contributed by atoms with Crippen LogP contribution in [0.3, 0.4) is 0 Å². The summed E-state index contributed by atoms with van der Waals surface area (Å²) in [5, 5.41) is 16.7. The third-order valence-corrected chi connectivity index (χ3v) is 7.64. The average Bonchev–Trinajstić information content (AvgIpc) is 3.41. The van der Waals surface area contributed by atoms with Gasteiger partial charge in [-0.15, -0.1) is 22.7 Å². The van der Waals surface area contributed by atoms with Crippen molar-refractivity contribution in [3.8, 4) is 9.75 Å². The average molecular weight is 455 g/mol. The van der Waals surface area contributed by atoms with Crippen molar-refractivity contribution in [3.05, 3.63) is 106 Å². The van der Waals surface area contributed by atoms with Crippen LogP contribution in [0.1, 0.15) is 22.6 Å². The van der Waals surface area contributed by atoms with Crippen molar-refractivity contribution in [2.75, 3.05) is 5.33 Å². The SMILES string of the molecule is OC(CBr)(c1ccsc1-c1cccs1)C(c1ccccc1)c1ccccc1. The summed E-state index contributed by atoms with van der Waals surface area (Å²) in [5.74, 6) is -0.174. The molecule has 1 N–H and O–H groups in total. The van der Waals surface area contributed by atoms with Gasteiger partial charge in [0.2, 0.25) is 0 Å². The maximum absolute atomic E-state index is 12.1. The number of alkyl halides is 1. The van der Waals surface area contributed by atoms with E-state index in [1.165, 1.54) is 4.88 Å². The second-order valence-electron chi connectivity index (χ2n) is 6.45. The van der Waals surface area contributed by atoms with Crippen molar-refractivity contribution in [3.63, 3.8) is 0 Å². The van der Waals surface area contributed by atoms with Crippen molar-refractivity contribution in [1.29, 1.82) is 0 Å². The molecule has 0 saturated heterocycles. The first-order valence-electron chi connectivity index (χ1n) is 8.74. The number of halogens is 1. The molecule has 0 aliphatic heterocycles. The van der Waals surface area contributed by atoms with Crippen molar-refractivity contribution in [1.82, 2.24) is 0 Å². The zero-order valence-corrected chi connectivity index (χ0v) is 17.8. The summed E-state index contributed by atoms with van der Waals surface area (Å²) in [6.07, 6.45) is 0. The molecule has 0 aliphatic rings. The molecule has 1 nitrogen and oxygen atoms in total. The molecule has 1 atom stereocenters. The lowest BCUT2D eigenvalue weighted by molar-refractivity contribution is 0.0468. The molecule has 4 aromatic rings. The largest absolute Gasteiger partial charge is 0.383 e. The zero-order chi connectivity index (χ0) is 18.7. The van der Waals surface area contributed by atoms with E-state index in [1.807, 2.05) is 36.4 Å². The molecule has 2 aromatic carbocycles. The predicted octanol–water partition coefficient (Wildman–Crippen LogP) is 6.89. The van der Waals surface area contributed by atoms with Gasteiger partial charge in [-0.1, -0.05) is 82.7 Å². The number of rotatable bonds is 6. The Kier molecular flexibility index (Phi) is 5.60. The van der Waals surface area contributed by atoms with Gasteiger partial charge < -0.3 is 5.11 Å². The van der Waals surface area contributed by atoms with Crippen molar-refractivity contribution in [2.24, 2.45) is 0 Å². The van der Waals surface area contributed by atoms with Crippen LogP contribution in [0, 0.1) is 0 Å². The van der Waals surface area contributed by atoms with E-state index in [-0.39, 0.29) is 5.92 Å². The fraction of sp³-hybridized carbons (Fsp3) is 0.130. The van der Waals surface area contributed by atoms with E-state index in [9.17, 15) is 5.11 Å². The molecule has 4 heteroatoms. The third-order valence-electron chi connectivity index (χ3n) is 4.82. The maximum Gasteiger partial charge on any atom is 0.112 e. The van der Waals surface area contributed by atoms with Crippen LogP contribution in [0.15, 0.2) is 89.6 Å². The first-order valence-corrected chi connectivity index (χ1v) is 11.6. The lowest BCUT2D eigenvalue weighted by atomic mass is 9.74. The van der Waals surface area contributed by atoms with E-state index in [1.54, 1.807) is 22.7 Å². The van der Waals surface area contributed by atoms with Gasteiger partial charge in [0, 0.05) is 21.7 Å². The number of aliphatic hydroxyl groups is 1. The summed E-state index contributed by atoms with van der Waals surface area (Å²) < 4.78 is 0. The topological polar surface area (TPSA) is 20.2 Å². The standard InChI is InChI=1S/C23H19BrOS2/c24-16-23(25,19-13-15-27-22(19)20-12-7-14-26-20)21(17-8-3-1-4-9-17)18-10-5-2-6-11-18/h1-15,21,25H,16H2. The highest BCUT2D eigenvalue weighted by atomic mass is 79.9. The van der Waals surface area contributed by atoms with Crippen LogP contribution in [0.4, 0.5) is 0 Å². The normalized spacial score (nSPS) is 13.6. The molecule has 0 radical (unpaired) electrons. The second kappa shape index (κ2) is 8.11. The highest BCUT2D eigenvalue weighted by Gasteiger charge is 2.41. The van der Waals surface area contributed by atoms with Crippen molar-refractivity contribution >= 4 is 38.6 Å². The van der Waals surface area contributed by atoms with Crippen molar-refractivity contribution in [2.45, 2.75) is 11.5 Å². The first kappa shape index (κ1) is 18.6. The monoisotopic (exact) mass is 454 g/mol. The van der Waals surface area contributed by atoms with Crippen LogP contribution in [0.5, 0.6) is 0 Å². The number of thiophene rings is 2. The molecule has 0 bridgehead atoms. The van der Waals surface area contributed by atoms with Crippen molar-refractivity contribution < 1.29 is 5.11 Å². The predicted molar refractivity (Wildman–Crippen MR) is 120 cm³/mol. The third kappa shape index (κ3) is 3.55. The molecule has 0 amide bonds. The minimum absolute atomic E-state index is 0.174. The van der Waals surface area contributed by atoms with Crippen LogP contribution in [-0.4, -0.2) is 10.4 Å². The Bertz CT molecular complexity index is 940. The van der Waals surface area contributed by atoms with Crippen LogP contribution in [-0.2, 0) is 5.60 Å². The summed E-state index contributed by atoms with van der Waals surface area (Å²) in [7, 11) is 0. The van der Waals surface area contributed by atoms with Gasteiger partial charge in [-0.25, -0.2) is 0 Å². The lowest BCUT2D eigenvalue weighted by Gasteiger charge is -2.36. The molecule has 0 fully saturated rings. The van der Waals surface area contributed by atoms with E-state index >= 15 is 0 Å². The van der Waals surface area contributed by atoms with Crippen LogP contribution in [0.25, 0.3) is 9.75 Å². The summed E-state index contributed by atoms with van der Waals surface area (Å²) >= 11 is 7.04. The van der Waals surface area contributed by atoms with E-state index in [0.29, 0.717) is 5.33 Å². The lowest BCUT2D eigenvalue weighted by Crippen LogP contribution is -2.36. The zero-order valence-electron chi connectivity index (χ0n) is 14.6. The van der Waals surface area contributed by atoms with E-state index < -0.39 is 5.60 Å². The van der Waals surface area contributed by atoms with Gasteiger partial charge >= 0.3 is 0 Å². The van der Waals surface area contributed by atoms with Gasteiger partial charge in [0.25, 0.3) is 0 Å². The fourth-order valence-corrected chi connectivity index (χ4v) is 6.08. The molecular weight excluding hydrogens is 436 g/mol.